The average Bonchev–Trinajstić information content (AvgIpc) is 2.57. The molecule has 0 spiro atoms. The summed E-state index contributed by atoms with van der Waals surface area (Å²) in [5.74, 6) is -0.576. The zero-order valence-electron chi connectivity index (χ0n) is 18.1. The standard InChI is InChI=1S/C19H33ClN2O5Si/c1-13(27-28(7,8)19(2,3)4)12-26-21-10-9-14-11-15(23)22(5)17(20)16(14)18(24)25-6/h11,13,21H,9-10,12H2,1-8H3/t13-/m0/s1. The molecule has 0 unspecified atom stereocenters. The van der Waals surface area contributed by atoms with Crippen LogP contribution in [0.4, 0.5) is 0 Å². The Kier molecular flexibility index (Phi) is 8.89. The van der Waals surface area contributed by atoms with Crippen LogP contribution in [0.2, 0.25) is 23.3 Å². The van der Waals surface area contributed by atoms with Gasteiger partial charge in [-0.25, -0.2) is 10.3 Å². The molecule has 0 radical (unpaired) electrons. The molecule has 1 aromatic heterocycles. The van der Waals surface area contributed by atoms with Crippen molar-refractivity contribution in [1.29, 1.82) is 0 Å². The molecule has 160 valence electrons. The normalized spacial score (nSPS) is 13.5. The topological polar surface area (TPSA) is 78.8 Å². The Morgan fingerprint density at radius 3 is 2.50 bits per heavy atom. The van der Waals surface area contributed by atoms with Gasteiger partial charge in [0, 0.05) is 19.7 Å². The first-order chi connectivity index (χ1) is 12.8. The molecule has 0 amide bonds. The van der Waals surface area contributed by atoms with Crippen molar-refractivity contribution >= 4 is 25.9 Å². The molecule has 0 saturated heterocycles. The van der Waals surface area contributed by atoms with E-state index in [0.29, 0.717) is 25.1 Å². The second-order valence-electron chi connectivity index (χ2n) is 8.37. The van der Waals surface area contributed by atoms with Crippen LogP contribution in [0.1, 0.15) is 43.6 Å². The fraction of sp³-hybridized carbons (Fsp3) is 0.684. The molecule has 0 bridgehead atoms. The molecular formula is C19H33ClN2O5Si. The maximum Gasteiger partial charge on any atom is 0.341 e. The Hall–Kier alpha value is -1.19. The number of methoxy groups -OCH3 is 1. The Morgan fingerprint density at radius 2 is 1.96 bits per heavy atom. The number of rotatable bonds is 9. The lowest BCUT2D eigenvalue weighted by Gasteiger charge is -2.38. The van der Waals surface area contributed by atoms with Gasteiger partial charge in [-0.1, -0.05) is 32.4 Å². The lowest BCUT2D eigenvalue weighted by molar-refractivity contribution is -0.00807. The number of esters is 1. The number of carbonyl (C=O) groups is 1. The molecule has 1 rings (SSSR count). The summed E-state index contributed by atoms with van der Waals surface area (Å²) in [6.07, 6.45) is 0.343. The molecule has 0 aliphatic rings. The van der Waals surface area contributed by atoms with E-state index >= 15 is 0 Å². The summed E-state index contributed by atoms with van der Waals surface area (Å²) in [6, 6.07) is 1.39. The van der Waals surface area contributed by atoms with Crippen molar-refractivity contribution in [3.8, 4) is 0 Å². The molecule has 1 atom stereocenters. The molecule has 0 aromatic carbocycles. The third-order valence-electron chi connectivity index (χ3n) is 5.06. The summed E-state index contributed by atoms with van der Waals surface area (Å²) < 4.78 is 12.2. The van der Waals surface area contributed by atoms with Gasteiger partial charge >= 0.3 is 5.97 Å². The van der Waals surface area contributed by atoms with E-state index in [0.717, 1.165) is 0 Å². The number of hydroxylamine groups is 1. The summed E-state index contributed by atoms with van der Waals surface area (Å²) in [7, 11) is 0.940. The summed E-state index contributed by atoms with van der Waals surface area (Å²) in [5.41, 5.74) is 3.28. The minimum atomic E-state index is -1.84. The van der Waals surface area contributed by atoms with Crippen LogP contribution in [0.3, 0.4) is 0 Å². The Bertz CT molecular complexity index is 743. The predicted octanol–water partition coefficient (Wildman–Crippen LogP) is 3.30. The van der Waals surface area contributed by atoms with Gasteiger partial charge in [-0.15, -0.1) is 0 Å². The molecule has 1 heterocycles. The van der Waals surface area contributed by atoms with Crippen LogP contribution in [-0.2, 0) is 27.5 Å². The van der Waals surface area contributed by atoms with Crippen molar-refractivity contribution in [3.63, 3.8) is 0 Å². The van der Waals surface area contributed by atoms with E-state index in [-0.39, 0.29) is 27.4 Å². The van der Waals surface area contributed by atoms with E-state index in [1.54, 1.807) is 0 Å². The van der Waals surface area contributed by atoms with Crippen molar-refractivity contribution in [2.75, 3.05) is 20.3 Å². The van der Waals surface area contributed by atoms with Crippen molar-refractivity contribution in [2.45, 2.75) is 58.4 Å². The maximum atomic E-state index is 12.0. The van der Waals surface area contributed by atoms with Gasteiger partial charge in [0.2, 0.25) is 0 Å². The summed E-state index contributed by atoms with van der Waals surface area (Å²) in [4.78, 5) is 29.5. The smallest absolute Gasteiger partial charge is 0.341 e. The van der Waals surface area contributed by atoms with Gasteiger partial charge < -0.3 is 13.7 Å². The molecule has 0 fully saturated rings. The van der Waals surface area contributed by atoms with Crippen LogP contribution in [0.15, 0.2) is 10.9 Å². The maximum absolute atomic E-state index is 12.0. The number of ether oxygens (including phenoxy) is 1. The van der Waals surface area contributed by atoms with Gasteiger partial charge in [-0.05, 0) is 37.0 Å². The van der Waals surface area contributed by atoms with E-state index in [4.69, 9.17) is 25.6 Å². The molecule has 0 saturated carbocycles. The van der Waals surface area contributed by atoms with Crippen molar-refractivity contribution in [1.82, 2.24) is 10.0 Å². The second-order valence-corrected chi connectivity index (χ2v) is 13.5. The Morgan fingerprint density at radius 1 is 1.36 bits per heavy atom. The van der Waals surface area contributed by atoms with Gasteiger partial charge in [-0.3, -0.25) is 9.63 Å². The minimum Gasteiger partial charge on any atom is -0.465 e. The molecular weight excluding hydrogens is 400 g/mol. The third kappa shape index (κ3) is 6.42. The van der Waals surface area contributed by atoms with Crippen LogP contribution in [0, 0.1) is 0 Å². The predicted molar refractivity (Wildman–Crippen MR) is 113 cm³/mol. The highest BCUT2D eigenvalue weighted by molar-refractivity contribution is 6.74. The van der Waals surface area contributed by atoms with Gasteiger partial charge in [0.25, 0.3) is 5.56 Å². The number of aromatic nitrogens is 1. The first kappa shape index (κ1) is 24.8. The van der Waals surface area contributed by atoms with Crippen LogP contribution in [-0.4, -0.2) is 45.2 Å². The number of pyridine rings is 1. The molecule has 9 heteroatoms. The lowest BCUT2D eigenvalue weighted by atomic mass is 10.1. The van der Waals surface area contributed by atoms with Gasteiger partial charge in [0.15, 0.2) is 8.32 Å². The van der Waals surface area contributed by atoms with E-state index in [1.807, 2.05) is 6.92 Å². The number of carbonyl (C=O) groups excluding carboxylic acids is 1. The highest BCUT2D eigenvalue weighted by atomic mass is 35.5. The third-order valence-corrected chi connectivity index (χ3v) is 10.1. The molecule has 7 nitrogen and oxygen atoms in total. The van der Waals surface area contributed by atoms with Gasteiger partial charge in [0.05, 0.1) is 25.4 Å². The zero-order chi connectivity index (χ0) is 21.7. The zero-order valence-corrected chi connectivity index (χ0v) is 19.9. The monoisotopic (exact) mass is 432 g/mol. The summed E-state index contributed by atoms with van der Waals surface area (Å²) in [5, 5.41) is 0.198. The quantitative estimate of drug-likeness (QED) is 0.212. The highest BCUT2D eigenvalue weighted by Gasteiger charge is 2.38. The first-order valence-corrected chi connectivity index (χ1v) is 12.6. The Balaban J connectivity index is 2.61. The van der Waals surface area contributed by atoms with Crippen molar-refractivity contribution < 1.29 is 18.8 Å². The molecule has 0 aliphatic carbocycles. The van der Waals surface area contributed by atoms with Crippen molar-refractivity contribution in [3.05, 3.63) is 32.7 Å². The number of hydrogen-bond acceptors (Lipinski definition) is 6. The van der Waals surface area contributed by atoms with E-state index in [2.05, 4.69) is 39.3 Å². The SMILES string of the molecule is COC(=O)c1c(CCNOC[C@H](C)O[Si](C)(C)C(C)(C)C)cc(=O)n(C)c1Cl. The Labute approximate surface area is 173 Å². The van der Waals surface area contributed by atoms with E-state index in [9.17, 15) is 9.59 Å². The summed E-state index contributed by atoms with van der Waals surface area (Å²) >= 11 is 6.15. The number of hydrogen-bond donors (Lipinski definition) is 1. The van der Waals surface area contributed by atoms with Gasteiger partial charge in [-0.2, -0.15) is 0 Å². The minimum absolute atomic E-state index is 0.0440. The van der Waals surface area contributed by atoms with Crippen LogP contribution >= 0.6 is 11.6 Å². The highest BCUT2D eigenvalue weighted by Crippen LogP contribution is 2.37. The van der Waals surface area contributed by atoms with Crippen LogP contribution in [0.5, 0.6) is 0 Å². The largest absolute Gasteiger partial charge is 0.465 e. The molecule has 28 heavy (non-hydrogen) atoms. The molecule has 1 aromatic rings. The van der Waals surface area contributed by atoms with E-state index < -0.39 is 14.3 Å². The van der Waals surface area contributed by atoms with Crippen LogP contribution in [0.25, 0.3) is 0 Å². The first-order valence-electron chi connectivity index (χ1n) is 9.31. The van der Waals surface area contributed by atoms with Crippen molar-refractivity contribution in [2.24, 2.45) is 7.05 Å². The lowest BCUT2D eigenvalue weighted by Crippen LogP contribution is -2.44. The second kappa shape index (κ2) is 10.0. The summed E-state index contributed by atoms with van der Waals surface area (Å²) in [6.45, 7) is 13.8. The van der Waals surface area contributed by atoms with Crippen LogP contribution < -0.4 is 11.0 Å². The molecule has 0 aliphatic heterocycles. The number of nitrogens with one attached hydrogen (secondary N) is 1. The fourth-order valence-corrected chi connectivity index (χ4v) is 4.09. The fourth-order valence-electron chi connectivity index (χ4n) is 2.38. The molecule has 1 N–H and O–H groups in total. The number of nitrogens with zero attached hydrogens (tertiary/aromatic N) is 1. The van der Waals surface area contributed by atoms with E-state index in [1.165, 1.54) is 24.8 Å². The number of halogens is 1. The average molecular weight is 433 g/mol. The van der Waals surface area contributed by atoms with Gasteiger partial charge in [0.1, 0.15) is 5.15 Å².